The molecule has 3 aliphatic rings. The van der Waals surface area contributed by atoms with Gasteiger partial charge in [-0.3, -0.25) is 4.79 Å². The third-order valence-electron chi connectivity index (χ3n) is 6.30. The molecule has 0 aromatic rings. The first-order chi connectivity index (χ1) is 9.87. The lowest BCUT2D eigenvalue weighted by molar-refractivity contribution is -0.226. The number of fused-ring (bicyclic) bond motifs is 1. The minimum Gasteiger partial charge on any atom is -0.394 e. The zero-order valence-electron chi connectivity index (χ0n) is 13.2. The van der Waals surface area contributed by atoms with Gasteiger partial charge in [-0.15, -0.1) is 0 Å². The third kappa shape index (κ3) is 1.97. The Balaban J connectivity index is 1.79. The molecule has 120 valence electrons. The molecular formula is C16H28N2O3. The third-order valence-corrected chi connectivity index (χ3v) is 6.30. The van der Waals surface area contributed by atoms with E-state index in [0.717, 1.165) is 45.1 Å². The standard InChI is InChI=1S/C16H28N2O3/c1-14(2)12-11(6-5-9-21-12)16(14,17)13(20)18-15(10-19)7-3-4-8-15/h11-12,19H,3-10,17H2,1-2H3,(H,18,20). The van der Waals surface area contributed by atoms with Crippen LogP contribution in [0.2, 0.25) is 0 Å². The fourth-order valence-electron chi connectivity index (χ4n) is 4.76. The summed E-state index contributed by atoms with van der Waals surface area (Å²) in [4.78, 5) is 12.9. The van der Waals surface area contributed by atoms with E-state index in [1.54, 1.807) is 0 Å². The van der Waals surface area contributed by atoms with Gasteiger partial charge in [-0.05, 0) is 25.7 Å². The Kier molecular flexibility index (Phi) is 3.58. The van der Waals surface area contributed by atoms with Crippen molar-refractivity contribution in [1.82, 2.24) is 5.32 Å². The van der Waals surface area contributed by atoms with Crippen molar-refractivity contribution in [2.45, 2.75) is 69.6 Å². The Morgan fingerprint density at radius 1 is 1.33 bits per heavy atom. The van der Waals surface area contributed by atoms with Crippen LogP contribution < -0.4 is 11.1 Å². The molecule has 2 aliphatic carbocycles. The molecule has 0 aromatic heterocycles. The highest BCUT2D eigenvalue weighted by Gasteiger charge is 2.70. The molecule has 1 amide bonds. The SMILES string of the molecule is CC1(C)C2OCCCC2C1(N)C(=O)NC1(CO)CCCC1. The van der Waals surface area contributed by atoms with Crippen LogP contribution in [0.5, 0.6) is 0 Å². The molecule has 3 fully saturated rings. The molecular weight excluding hydrogens is 268 g/mol. The number of nitrogens with two attached hydrogens (primary N) is 1. The van der Waals surface area contributed by atoms with E-state index in [4.69, 9.17) is 10.5 Å². The van der Waals surface area contributed by atoms with Crippen molar-refractivity contribution < 1.29 is 14.6 Å². The Bertz CT molecular complexity index is 431. The highest BCUT2D eigenvalue weighted by atomic mass is 16.5. The molecule has 1 aliphatic heterocycles. The van der Waals surface area contributed by atoms with Crippen LogP contribution in [0.1, 0.15) is 52.4 Å². The summed E-state index contributed by atoms with van der Waals surface area (Å²) in [6, 6.07) is 0. The average Bonchev–Trinajstić information content (AvgIpc) is 2.95. The molecule has 1 heterocycles. The first kappa shape index (κ1) is 15.3. The molecule has 5 nitrogen and oxygen atoms in total. The summed E-state index contributed by atoms with van der Waals surface area (Å²) in [6.07, 6.45) is 5.79. The van der Waals surface area contributed by atoms with Crippen LogP contribution in [-0.4, -0.2) is 41.4 Å². The predicted molar refractivity (Wildman–Crippen MR) is 79.6 cm³/mol. The molecule has 0 radical (unpaired) electrons. The second kappa shape index (κ2) is 4.93. The van der Waals surface area contributed by atoms with Gasteiger partial charge in [0, 0.05) is 17.9 Å². The molecule has 3 rings (SSSR count). The largest absolute Gasteiger partial charge is 0.394 e. The summed E-state index contributed by atoms with van der Waals surface area (Å²) in [5.74, 6) is -0.00593. The second-order valence-electron chi connectivity index (χ2n) is 7.73. The minimum atomic E-state index is -0.886. The lowest BCUT2D eigenvalue weighted by Gasteiger charge is -2.65. The van der Waals surface area contributed by atoms with E-state index in [1.165, 1.54) is 0 Å². The quantitative estimate of drug-likeness (QED) is 0.723. The van der Waals surface area contributed by atoms with E-state index in [2.05, 4.69) is 5.32 Å². The monoisotopic (exact) mass is 296 g/mol. The van der Waals surface area contributed by atoms with Crippen molar-refractivity contribution in [3.05, 3.63) is 0 Å². The number of carbonyl (C=O) groups excluding carboxylic acids is 1. The Labute approximate surface area is 126 Å². The van der Waals surface area contributed by atoms with E-state index < -0.39 is 11.1 Å². The van der Waals surface area contributed by atoms with E-state index >= 15 is 0 Å². The number of carbonyl (C=O) groups is 1. The molecule has 2 saturated carbocycles. The van der Waals surface area contributed by atoms with Crippen LogP contribution in [-0.2, 0) is 9.53 Å². The number of rotatable bonds is 3. The predicted octanol–water partition coefficient (Wildman–Crippen LogP) is 0.940. The zero-order valence-corrected chi connectivity index (χ0v) is 13.2. The van der Waals surface area contributed by atoms with Crippen molar-refractivity contribution in [1.29, 1.82) is 0 Å². The van der Waals surface area contributed by atoms with E-state index in [9.17, 15) is 9.90 Å². The summed E-state index contributed by atoms with van der Waals surface area (Å²) in [7, 11) is 0. The van der Waals surface area contributed by atoms with Crippen LogP contribution >= 0.6 is 0 Å². The highest BCUT2D eigenvalue weighted by molar-refractivity contribution is 5.90. The summed E-state index contributed by atoms with van der Waals surface area (Å²) in [6.45, 7) is 4.82. The normalized spacial score (nSPS) is 40.2. The van der Waals surface area contributed by atoms with Gasteiger partial charge in [-0.25, -0.2) is 0 Å². The summed E-state index contributed by atoms with van der Waals surface area (Å²) >= 11 is 0. The Morgan fingerprint density at radius 2 is 2.00 bits per heavy atom. The van der Waals surface area contributed by atoms with E-state index in [0.29, 0.717) is 0 Å². The maximum absolute atomic E-state index is 12.9. The molecule has 4 N–H and O–H groups in total. The van der Waals surface area contributed by atoms with Crippen LogP contribution in [0, 0.1) is 11.3 Å². The molecule has 3 unspecified atom stereocenters. The number of hydrogen-bond acceptors (Lipinski definition) is 4. The molecule has 0 spiro atoms. The van der Waals surface area contributed by atoms with Gasteiger partial charge in [-0.1, -0.05) is 26.7 Å². The highest BCUT2D eigenvalue weighted by Crippen LogP contribution is 2.57. The van der Waals surface area contributed by atoms with Gasteiger partial charge in [0.05, 0.1) is 18.2 Å². The molecule has 5 heteroatoms. The maximum Gasteiger partial charge on any atom is 0.241 e. The van der Waals surface area contributed by atoms with Crippen LogP contribution in [0.3, 0.4) is 0 Å². The van der Waals surface area contributed by atoms with Gasteiger partial charge < -0.3 is 20.9 Å². The van der Waals surface area contributed by atoms with Crippen LogP contribution in [0.4, 0.5) is 0 Å². The summed E-state index contributed by atoms with van der Waals surface area (Å²) in [5, 5.41) is 12.8. The summed E-state index contributed by atoms with van der Waals surface area (Å²) < 4.78 is 5.85. The van der Waals surface area contributed by atoms with Gasteiger partial charge in [0.1, 0.15) is 5.54 Å². The lowest BCUT2D eigenvalue weighted by Crippen LogP contribution is -2.83. The smallest absolute Gasteiger partial charge is 0.241 e. The average molecular weight is 296 g/mol. The number of amides is 1. The number of hydrogen-bond donors (Lipinski definition) is 3. The molecule has 1 saturated heterocycles. The Morgan fingerprint density at radius 3 is 2.62 bits per heavy atom. The Hall–Kier alpha value is -0.650. The minimum absolute atomic E-state index is 0.000155. The van der Waals surface area contributed by atoms with Gasteiger partial charge >= 0.3 is 0 Å². The fourth-order valence-corrected chi connectivity index (χ4v) is 4.76. The molecule has 0 bridgehead atoms. The fraction of sp³-hybridized carbons (Fsp3) is 0.938. The number of nitrogens with one attached hydrogen (secondary N) is 1. The topological polar surface area (TPSA) is 84.6 Å². The molecule has 0 aromatic carbocycles. The first-order valence-corrected chi connectivity index (χ1v) is 8.21. The first-order valence-electron chi connectivity index (χ1n) is 8.21. The van der Waals surface area contributed by atoms with Crippen molar-refractivity contribution in [3.63, 3.8) is 0 Å². The zero-order chi connectivity index (χ0) is 15.3. The van der Waals surface area contributed by atoms with Crippen molar-refractivity contribution in [3.8, 4) is 0 Å². The van der Waals surface area contributed by atoms with Crippen molar-refractivity contribution >= 4 is 5.91 Å². The lowest BCUT2D eigenvalue weighted by atomic mass is 9.46. The second-order valence-corrected chi connectivity index (χ2v) is 7.73. The van der Waals surface area contributed by atoms with E-state index in [1.807, 2.05) is 13.8 Å². The van der Waals surface area contributed by atoms with Crippen LogP contribution in [0.25, 0.3) is 0 Å². The van der Waals surface area contributed by atoms with Gasteiger partial charge in [0.15, 0.2) is 0 Å². The molecule has 21 heavy (non-hydrogen) atoms. The maximum atomic E-state index is 12.9. The van der Waals surface area contributed by atoms with Crippen molar-refractivity contribution in [2.75, 3.05) is 13.2 Å². The van der Waals surface area contributed by atoms with Crippen LogP contribution in [0.15, 0.2) is 0 Å². The number of aliphatic hydroxyl groups excluding tert-OH is 1. The number of ether oxygens (including phenoxy) is 1. The van der Waals surface area contributed by atoms with Crippen molar-refractivity contribution in [2.24, 2.45) is 17.1 Å². The number of aliphatic hydroxyl groups is 1. The van der Waals surface area contributed by atoms with E-state index in [-0.39, 0.29) is 30.0 Å². The summed E-state index contributed by atoms with van der Waals surface area (Å²) in [5.41, 5.74) is 4.89. The van der Waals surface area contributed by atoms with Gasteiger partial charge in [-0.2, -0.15) is 0 Å². The van der Waals surface area contributed by atoms with Gasteiger partial charge in [0.25, 0.3) is 0 Å². The van der Waals surface area contributed by atoms with Gasteiger partial charge in [0.2, 0.25) is 5.91 Å². The molecule has 3 atom stereocenters.